The van der Waals surface area contributed by atoms with Gasteiger partial charge in [0.25, 0.3) is 0 Å². The summed E-state index contributed by atoms with van der Waals surface area (Å²) in [6.07, 6.45) is 5.49. The van der Waals surface area contributed by atoms with Gasteiger partial charge < -0.3 is 5.11 Å². The van der Waals surface area contributed by atoms with Crippen LogP contribution in [0.2, 0.25) is 0 Å². The molecular weight excluding hydrogens is 450 g/mol. The number of carboxylic acid groups (broad SMARTS) is 1. The maximum atomic E-state index is 11.6. The van der Waals surface area contributed by atoms with Crippen LogP contribution in [0.5, 0.6) is 0 Å². The second-order valence-electron chi connectivity index (χ2n) is 8.57. The van der Waals surface area contributed by atoms with Gasteiger partial charge in [-0.05, 0) is 41.0 Å². The molecule has 0 saturated heterocycles. The van der Waals surface area contributed by atoms with Crippen LogP contribution in [0.15, 0.2) is 109 Å². The summed E-state index contributed by atoms with van der Waals surface area (Å²) in [7, 11) is 0. The zero-order valence-corrected chi connectivity index (χ0v) is 19.2. The molecule has 3 heterocycles. The van der Waals surface area contributed by atoms with E-state index in [1.165, 1.54) is 12.3 Å². The Kier molecular flexibility index (Phi) is 5.42. The third-order valence-electron chi connectivity index (χ3n) is 6.34. The quantitative estimate of drug-likeness (QED) is 0.351. The Morgan fingerprint density at radius 2 is 1.47 bits per heavy atom. The molecule has 0 amide bonds. The van der Waals surface area contributed by atoms with Gasteiger partial charge in [0.15, 0.2) is 0 Å². The minimum absolute atomic E-state index is 0.140. The topological polar surface area (TPSA) is 91.6 Å². The molecule has 36 heavy (non-hydrogen) atoms. The van der Waals surface area contributed by atoms with Crippen LogP contribution in [0.4, 0.5) is 5.82 Å². The van der Waals surface area contributed by atoms with E-state index in [1.54, 1.807) is 18.5 Å². The molecule has 0 aliphatic carbocycles. The van der Waals surface area contributed by atoms with Crippen molar-refractivity contribution in [3.63, 3.8) is 0 Å². The number of carbonyl (C=O) groups is 1. The molecule has 5 aromatic rings. The number of hydrazone groups is 1. The van der Waals surface area contributed by atoms with Crippen LogP contribution in [0.1, 0.15) is 33.9 Å². The number of pyridine rings is 1. The first kappa shape index (κ1) is 21.6. The molecule has 7 heteroatoms. The number of aromatic nitrogens is 3. The van der Waals surface area contributed by atoms with Gasteiger partial charge in [-0.25, -0.2) is 14.8 Å². The number of benzene rings is 3. The third kappa shape index (κ3) is 4.07. The molecule has 174 valence electrons. The molecule has 1 atom stereocenters. The van der Waals surface area contributed by atoms with Crippen LogP contribution < -0.4 is 5.01 Å². The minimum atomic E-state index is -1.00. The van der Waals surface area contributed by atoms with Gasteiger partial charge in [-0.1, -0.05) is 60.7 Å². The summed E-state index contributed by atoms with van der Waals surface area (Å²) in [5.41, 5.74) is 6.96. The van der Waals surface area contributed by atoms with Crippen LogP contribution in [0.3, 0.4) is 0 Å². The number of rotatable bonds is 5. The van der Waals surface area contributed by atoms with Gasteiger partial charge in [0, 0.05) is 30.6 Å². The van der Waals surface area contributed by atoms with Crippen LogP contribution in [-0.2, 0) is 0 Å². The van der Waals surface area contributed by atoms with E-state index in [2.05, 4.69) is 51.4 Å². The first-order valence-corrected chi connectivity index (χ1v) is 11.6. The standard InChI is InChI=1S/C29H21N5O2/c35-29(36)23-12-13-32-28(17-23)34-27(21-8-6-20(7-9-21)19-4-2-1-3-5-19)18-25(33-34)22-10-11-24-26(16-22)31-15-14-30-24/h1-17,27H,18H2,(H,35,36). The van der Waals surface area contributed by atoms with E-state index in [0.29, 0.717) is 12.2 Å². The highest BCUT2D eigenvalue weighted by atomic mass is 16.4. The molecule has 0 saturated carbocycles. The highest BCUT2D eigenvalue weighted by Gasteiger charge is 2.31. The fraction of sp³-hybridized carbons (Fsp3) is 0.0690. The van der Waals surface area contributed by atoms with E-state index in [4.69, 9.17) is 5.10 Å². The van der Waals surface area contributed by atoms with Crippen LogP contribution >= 0.6 is 0 Å². The highest BCUT2D eigenvalue weighted by molar-refractivity contribution is 6.05. The Balaban J connectivity index is 1.40. The van der Waals surface area contributed by atoms with Crippen molar-refractivity contribution in [3.05, 3.63) is 120 Å². The zero-order chi connectivity index (χ0) is 24.5. The van der Waals surface area contributed by atoms with E-state index < -0.39 is 5.97 Å². The van der Waals surface area contributed by atoms with Crippen molar-refractivity contribution in [2.45, 2.75) is 12.5 Å². The summed E-state index contributed by atoms with van der Waals surface area (Å²) >= 11 is 0. The van der Waals surface area contributed by atoms with Crippen LogP contribution in [0.25, 0.3) is 22.2 Å². The van der Waals surface area contributed by atoms with Crippen molar-refractivity contribution in [1.29, 1.82) is 0 Å². The Morgan fingerprint density at radius 1 is 0.750 bits per heavy atom. The third-order valence-corrected chi connectivity index (χ3v) is 6.34. The molecule has 1 aliphatic heterocycles. The SMILES string of the molecule is O=C(O)c1ccnc(N2N=C(c3ccc4nccnc4c3)CC2c2ccc(-c3ccccc3)cc2)c1. The first-order valence-electron chi connectivity index (χ1n) is 11.6. The van der Waals surface area contributed by atoms with Crippen molar-refractivity contribution in [1.82, 2.24) is 15.0 Å². The zero-order valence-electron chi connectivity index (χ0n) is 19.2. The predicted octanol–water partition coefficient (Wildman–Crippen LogP) is 5.75. The normalized spacial score (nSPS) is 15.2. The van der Waals surface area contributed by atoms with Crippen molar-refractivity contribution < 1.29 is 9.90 Å². The van der Waals surface area contributed by atoms with Gasteiger partial charge in [0.2, 0.25) is 0 Å². The van der Waals surface area contributed by atoms with E-state index in [0.717, 1.165) is 39.0 Å². The number of carboxylic acids is 1. The minimum Gasteiger partial charge on any atom is -0.478 e. The molecule has 1 N–H and O–H groups in total. The number of anilines is 1. The first-order chi connectivity index (χ1) is 17.7. The van der Waals surface area contributed by atoms with Gasteiger partial charge in [-0.15, -0.1) is 0 Å². The van der Waals surface area contributed by atoms with Gasteiger partial charge in [-0.2, -0.15) is 5.10 Å². The fourth-order valence-corrected chi connectivity index (χ4v) is 4.50. The van der Waals surface area contributed by atoms with Crippen LogP contribution in [-0.4, -0.2) is 31.7 Å². The fourth-order valence-electron chi connectivity index (χ4n) is 4.50. The second kappa shape index (κ2) is 9.03. The summed E-state index contributed by atoms with van der Waals surface area (Å²) in [4.78, 5) is 24.8. The van der Waals surface area contributed by atoms with Crippen molar-refractivity contribution >= 4 is 28.5 Å². The molecular formula is C29H21N5O2. The molecule has 0 radical (unpaired) electrons. The van der Waals surface area contributed by atoms with E-state index in [1.807, 2.05) is 41.4 Å². The largest absolute Gasteiger partial charge is 0.478 e. The number of nitrogens with zero attached hydrogens (tertiary/aromatic N) is 5. The summed E-state index contributed by atoms with van der Waals surface area (Å²) in [5, 5.41) is 16.2. The van der Waals surface area contributed by atoms with E-state index >= 15 is 0 Å². The number of fused-ring (bicyclic) bond motifs is 1. The molecule has 7 nitrogen and oxygen atoms in total. The monoisotopic (exact) mass is 471 g/mol. The lowest BCUT2D eigenvalue weighted by molar-refractivity contribution is 0.0696. The van der Waals surface area contributed by atoms with Gasteiger partial charge in [0.05, 0.1) is 28.4 Å². The molecule has 3 aromatic carbocycles. The smallest absolute Gasteiger partial charge is 0.335 e. The second-order valence-corrected chi connectivity index (χ2v) is 8.57. The van der Waals surface area contributed by atoms with Crippen molar-refractivity contribution in [3.8, 4) is 11.1 Å². The lowest BCUT2D eigenvalue weighted by Crippen LogP contribution is -2.20. The van der Waals surface area contributed by atoms with Crippen molar-refractivity contribution in [2.24, 2.45) is 5.10 Å². The average Bonchev–Trinajstić information content (AvgIpc) is 3.39. The van der Waals surface area contributed by atoms with Crippen LogP contribution in [0, 0.1) is 0 Å². The summed E-state index contributed by atoms with van der Waals surface area (Å²) in [5.74, 6) is -0.512. The lowest BCUT2D eigenvalue weighted by atomic mass is 9.96. The predicted molar refractivity (Wildman–Crippen MR) is 139 cm³/mol. The number of hydrogen-bond acceptors (Lipinski definition) is 6. The molecule has 0 fully saturated rings. The molecule has 1 aliphatic rings. The summed E-state index contributed by atoms with van der Waals surface area (Å²) < 4.78 is 0. The Labute approximate surface area is 207 Å². The highest BCUT2D eigenvalue weighted by Crippen LogP contribution is 2.37. The van der Waals surface area contributed by atoms with E-state index in [-0.39, 0.29) is 11.6 Å². The molecule has 1 unspecified atom stereocenters. The molecule has 6 rings (SSSR count). The number of hydrogen-bond donors (Lipinski definition) is 1. The molecule has 2 aromatic heterocycles. The average molecular weight is 472 g/mol. The Bertz CT molecular complexity index is 1600. The maximum Gasteiger partial charge on any atom is 0.335 e. The Morgan fingerprint density at radius 3 is 2.25 bits per heavy atom. The van der Waals surface area contributed by atoms with E-state index in [9.17, 15) is 9.90 Å². The van der Waals surface area contributed by atoms with Gasteiger partial charge >= 0.3 is 5.97 Å². The summed E-state index contributed by atoms with van der Waals surface area (Å²) in [6.45, 7) is 0. The Hall–Kier alpha value is -4.91. The lowest BCUT2D eigenvalue weighted by Gasteiger charge is -2.23. The summed E-state index contributed by atoms with van der Waals surface area (Å²) in [6, 6.07) is 27.5. The molecule has 0 bridgehead atoms. The number of aromatic carboxylic acids is 1. The van der Waals surface area contributed by atoms with Crippen molar-refractivity contribution in [2.75, 3.05) is 5.01 Å². The molecule has 0 spiro atoms. The van der Waals surface area contributed by atoms with Gasteiger partial charge in [0.1, 0.15) is 5.82 Å². The maximum absolute atomic E-state index is 11.6. The van der Waals surface area contributed by atoms with Gasteiger partial charge in [-0.3, -0.25) is 9.97 Å².